The summed E-state index contributed by atoms with van der Waals surface area (Å²) in [7, 11) is 0. The van der Waals surface area contributed by atoms with Gasteiger partial charge in [-0.05, 0) is 63.1 Å². The summed E-state index contributed by atoms with van der Waals surface area (Å²) >= 11 is 5.95. The van der Waals surface area contributed by atoms with Crippen LogP contribution in [0.2, 0.25) is 5.02 Å². The Hall–Kier alpha value is -3.45. The predicted octanol–water partition coefficient (Wildman–Crippen LogP) is 4.94. The molecule has 5 rings (SSSR count). The number of aromatic nitrogens is 4. The van der Waals surface area contributed by atoms with Crippen LogP contribution in [0.25, 0.3) is 16.6 Å². The Morgan fingerprint density at radius 2 is 1.82 bits per heavy atom. The van der Waals surface area contributed by atoms with Gasteiger partial charge in [0, 0.05) is 23.8 Å². The predicted molar refractivity (Wildman–Crippen MR) is 131 cm³/mol. The molecule has 1 N–H and O–H groups in total. The van der Waals surface area contributed by atoms with E-state index in [0.717, 1.165) is 58.9 Å². The molecule has 0 radical (unpaired) electrons. The van der Waals surface area contributed by atoms with Crippen LogP contribution in [0, 0.1) is 19.8 Å². The van der Waals surface area contributed by atoms with Crippen molar-refractivity contribution in [1.29, 1.82) is 0 Å². The van der Waals surface area contributed by atoms with Crippen molar-refractivity contribution < 1.29 is 4.79 Å². The van der Waals surface area contributed by atoms with Crippen LogP contribution in [0.1, 0.15) is 24.2 Å². The van der Waals surface area contributed by atoms with E-state index in [-0.39, 0.29) is 11.8 Å². The van der Waals surface area contributed by atoms with E-state index in [1.54, 1.807) is 12.1 Å². The maximum Gasteiger partial charge on any atom is 0.229 e. The van der Waals surface area contributed by atoms with Gasteiger partial charge in [0.25, 0.3) is 0 Å². The van der Waals surface area contributed by atoms with Crippen molar-refractivity contribution in [2.24, 2.45) is 5.92 Å². The third-order valence-electron chi connectivity index (χ3n) is 6.19. The SMILES string of the molecule is Cc1nnc(N2CCC[C@@H](C(=O)Nc3ccc(Cl)cc3)C2)c2nn(-c3ccccc3)c(C)c12. The number of nitrogens with one attached hydrogen (secondary N) is 1. The second-order valence-corrected chi connectivity index (χ2v) is 8.88. The third kappa shape index (κ3) is 4.16. The first kappa shape index (κ1) is 21.4. The Labute approximate surface area is 197 Å². The number of anilines is 2. The Balaban J connectivity index is 1.44. The summed E-state index contributed by atoms with van der Waals surface area (Å²) in [4.78, 5) is 15.1. The first-order valence-electron chi connectivity index (χ1n) is 11.1. The molecule has 7 nitrogen and oxygen atoms in total. The zero-order valence-corrected chi connectivity index (χ0v) is 19.4. The van der Waals surface area contributed by atoms with Gasteiger partial charge >= 0.3 is 0 Å². The van der Waals surface area contributed by atoms with Crippen molar-refractivity contribution in [3.63, 3.8) is 0 Å². The lowest BCUT2D eigenvalue weighted by molar-refractivity contribution is -0.120. The van der Waals surface area contributed by atoms with Crippen LogP contribution in [-0.4, -0.2) is 39.0 Å². The highest BCUT2D eigenvalue weighted by Gasteiger charge is 2.29. The molecular weight excluding hydrogens is 436 g/mol. The van der Waals surface area contributed by atoms with Gasteiger partial charge in [0.15, 0.2) is 5.82 Å². The average Bonchev–Trinajstić information content (AvgIpc) is 3.19. The molecule has 1 saturated heterocycles. The standard InChI is InChI=1S/C25H25ClN6O/c1-16-22-17(2)32(21-8-4-3-5-9-21)30-23(22)24(29-28-16)31-14-6-7-18(15-31)25(33)27-20-12-10-19(26)11-13-20/h3-5,8-13,18H,6-7,14-15H2,1-2H3,(H,27,33)/t18-/m1/s1. The van der Waals surface area contributed by atoms with Crippen LogP contribution < -0.4 is 10.2 Å². The zero-order valence-electron chi connectivity index (χ0n) is 18.6. The first-order chi connectivity index (χ1) is 16.0. The number of benzene rings is 2. The topological polar surface area (TPSA) is 75.9 Å². The van der Waals surface area contributed by atoms with Crippen LogP contribution in [0.4, 0.5) is 11.5 Å². The zero-order chi connectivity index (χ0) is 22.9. The molecule has 1 amide bonds. The van der Waals surface area contributed by atoms with E-state index < -0.39 is 0 Å². The van der Waals surface area contributed by atoms with Gasteiger partial charge in [0.1, 0.15) is 5.52 Å². The number of para-hydroxylation sites is 1. The number of carbonyl (C=O) groups excluding carboxylic acids is 1. The summed E-state index contributed by atoms with van der Waals surface area (Å²) in [5.41, 5.74) is 4.44. The van der Waals surface area contributed by atoms with Gasteiger partial charge < -0.3 is 10.2 Å². The number of hydrogen-bond donors (Lipinski definition) is 1. The number of aryl methyl sites for hydroxylation is 2. The van der Waals surface area contributed by atoms with E-state index in [0.29, 0.717) is 11.6 Å². The Bertz CT molecular complexity index is 1300. The largest absolute Gasteiger partial charge is 0.352 e. The lowest BCUT2D eigenvalue weighted by Crippen LogP contribution is -2.41. The molecule has 3 heterocycles. The number of piperidine rings is 1. The van der Waals surface area contributed by atoms with Crippen LogP contribution in [0.3, 0.4) is 0 Å². The normalized spacial score (nSPS) is 16.2. The minimum Gasteiger partial charge on any atom is -0.352 e. The van der Waals surface area contributed by atoms with Gasteiger partial charge in [0.2, 0.25) is 5.91 Å². The Morgan fingerprint density at radius 3 is 2.58 bits per heavy atom. The Kier molecular flexibility index (Phi) is 5.72. The molecule has 1 aliphatic rings. The minimum atomic E-state index is -0.148. The minimum absolute atomic E-state index is 0.00401. The molecular formula is C25H25ClN6O. The van der Waals surface area contributed by atoms with Gasteiger partial charge in [0.05, 0.1) is 28.4 Å². The number of rotatable bonds is 4. The first-order valence-corrected chi connectivity index (χ1v) is 11.5. The summed E-state index contributed by atoms with van der Waals surface area (Å²) in [6.45, 7) is 5.40. The number of carbonyl (C=O) groups is 1. The molecule has 1 fully saturated rings. The van der Waals surface area contributed by atoms with Gasteiger partial charge in [-0.25, -0.2) is 4.68 Å². The van der Waals surface area contributed by atoms with Crippen molar-refractivity contribution in [3.05, 3.63) is 71.0 Å². The fourth-order valence-corrected chi connectivity index (χ4v) is 4.63. The summed E-state index contributed by atoms with van der Waals surface area (Å²) in [5, 5.41) is 18.5. The van der Waals surface area contributed by atoms with E-state index in [9.17, 15) is 4.79 Å². The molecule has 1 aliphatic heterocycles. The quantitative estimate of drug-likeness (QED) is 0.466. The molecule has 0 bridgehead atoms. The van der Waals surface area contributed by atoms with Crippen molar-refractivity contribution in [3.8, 4) is 5.69 Å². The van der Waals surface area contributed by atoms with Crippen LogP contribution in [-0.2, 0) is 4.79 Å². The van der Waals surface area contributed by atoms with E-state index in [2.05, 4.69) is 27.3 Å². The maximum atomic E-state index is 13.0. The summed E-state index contributed by atoms with van der Waals surface area (Å²) in [5.74, 6) is 0.589. The monoisotopic (exact) mass is 460 g/mol. The van der Waals surface area contributed by atoms with Crippen LogP contribution in [0.5, 0.6) is 0 Å². The number of halogens is 1. The van der Waals surface area contributed by atoms with Crippen molar-refractivity contribution in [2.45, 2.75) is 26.7 Å². The molecule has 8 heteroatoms. The van der Waals surface area contributed by atoms with E-state index >= 15 is 0 Å². The summed E-state index contributed by atoms with van der Waals surface area (Å²) in [6.07, 6.45) is 1.73. The van der Waals surface area contributed by atoms with Crippen molar-refractivity contribution in [2.75, 3.05) is 23.3 Å². The van der Waals surface area contributed by atoms with Crippen LogP contribution >= 0.6 is 11.6 Å². The molecule has 0 aliphatic carbocycles. The number of nitrogens with zero attached hydrogens (tertiary/aromatic N) is 5. The molecule has 2 aromatic heterocycles. The van der Waals surface area contributed by atoms with E-state index in [1.807, 2.05) is 54.1 Å². The molecule has 0 unspecified atom stereocenters. The van der Waals surface area contributed by atoms with Gasteiger partial charge in [-0.2, -0.15) is 10.2 Å². The summed E-state index contributed by atoms with van der Waals surface area (Å²) in [6, 6.07) is 17.2. The Morgan fingerprint density at radius 1 is 1.06 bits per heavy atom. The fourth-order valence-electron chi connectivity index (χ4n) is 4.51. The van der Waals surface area contributed by atoms with Gasteiger partial charge in [-0.1, -0.05) is 29.8 Å². The number of fused-ring (bicyclic) bond motifs is 1. The third-order valence-corrected chi connectivity index (χ3v) is 6.44. The molecule has 1 atom stereocenters. The van der Waals surface area contributed by atoms with Crippen LogP contribution in [0.15, 0.2) is 54.6 Å². The molecule has 0 spiro atoms. The fraction of sp³-hybridized carbons (Fsp3) is 0.280. The smallest absolute Gasteiger partial charge is 0.229 e. The van der Waals surface area contributed by atoms with Gasteiger partial charge in [-0.15, -0.1) is 5.10 Å². The number of hydrogen-bond acceptors (Lipinski definition) is 5. The lowest BCUT2D eigenvalue weighted by atomic mass is 9.97. The molecule has 2 aromatic carbocycles. The molecule has 33 heavy (non-hydrogen) atoms. The highest BCUT2D eigenvalue weighted by molar-refractivity contribution is 6.30. The molecule has 4 aromatic rings. The highest BCUT2D eigenvalue weighted by atomic mass is 35.5. The van der Waals surface area contributed by atoms with E-state index in [1.165, 1.54) is 0 Å². The van der Waals surface area contributed by atoms with Crippen molar-refractivity contribution in [1.82, 2.24) is 20.0 Å². The molecule has 0 saturated carbocycles. The second kappa shape index (κ2) is 8.83. The molecule has 168 valence electrons. The average molecular weight is 461 g/mol. The van der Waals surface area contributed by atoms with Crippen molar-refractivity contribution >= 4 is 39.9 Å². The van der Waals surface area contributed by atoms with Gasteiger partial charge in [-0.3, -0.25) is 4.79 Å². The summed E-state index contributed by atoms with van der Waals surface area (Å²) < 4.78 is 1.94. The van der Waals surface area contributed by atoms with E-state index in [4.69, 9.17) is 16.7 Å². The lowest BCUT2D eigenvalue weighted by Gasteiger charge is -2.32. The second-order valence-electron chi connectivity index (χ2n) is 8.45. The highest BCUT2D eigenvalue weighted by Crippen LogP contribution is 2.31. The number of amides is 1. The maximum absolute atomic E-state index is 13.0.